The summed E-state index contributed by atoms with van der Waals surface area (Å²) in [5.41, 5.74) is 3.61. The SMILES string of the molecule is CCCCCCCCCCCCCCCCNC(=S)N/N=C/c1ccc([N+](=O)[O-])cc1. The van der Waals surface area contributed by atoms with E-state index < -0.39 is 4.92 Å². The van der Waals surface area contributed by atoms with Crippen LogP contribution < -0.4 is 10.7 Å². The summed E-state index contributed by atoms with van der Waals surface area (Å²) in [5, 5.41) is 18.3. The highest BCUT2D eigenvalue weighted by atomic mass is 32.1. The van der Waals surface area contributed by atoms with Crippen LogP contribution in [-0.4, -0.2) is 22.8 Å². The summed E-state index contributed by atoms with van der Waals surface area (Å²) in [7, 11) is 0. The molecule has 0 aliphatic carbocycles. The molecule has 0 saturated carbocycles. The zero-order valence-electron chi connectivity index (χ0n) is 19.1. The maximum atomic E-state index is 10.6. The largest absolute Gasteiger partial charge is 0.361 e. The summed E-state index contributed by atoms with van der Waals surface area (Å²) in [6, 6.07) is 6.20. The minimum atomic E-state index is -0.421. The summed E-state index contributed by atoms with van der Waals surface area (Å²) < 4.78 is 0. The lowest BCUT2D eigenvalue weighted by atomic mass is 10.0. The van der Waals surface area contributed by atoms with Crippen LogP contribution in [0.3, 0.4) is 0 Å². The third kappa shape index (κ3) is 15.4. The van der Waals surface area contributed by atoms with Crippen molar-refractivity contribution in [2.24, 2.45) is 5.10 Å². The predicted molar refractivity (Wildman–Crippen MR) is 135 cm³/mol. The van der Waals surface area contributed by atoms with Gasteiger partial charge in [0.25, 0.3) is 5.69 Å². The van der Waals surface area contributed by atoms with Gasteiger partial charge in [0.05, 0.1) is 11.1 Å². The van der Waals surface area contributed by atoms with Crippen molar-refractivity contribution in [3.05, 3.63) is 39.9 Å². The Labute approximate surface area is 193 Å². The van der Waals surface area contributed by atoms with Gasteiger partial charge in [-0.25, -0.2) is 0 Å². The van der Waals surface area contributed by atoms with E-state index in [9.17, 15) is 10.1 Å². The number of hydrogen-bond acceptors (Lipinski definition) is 4. The number of rotatable bonds is 18. The Morgan fingerprint density at radius 2 is 1.39 bits per heavy atom. The molecule has 0 amide bonds. The molecule has 0 radical (unpaired) electrons. The molecule has 0 atom stereocenters. The number of non-ortho nitro benzene ring substituents is 1. The standard InChI is InChI=1S/C24H40N4O2S/c1-2-3-4-5-6-7-8-9-10-11-12-13-14-15-20-25-24(31)27-26-21-22-16-18-23(19-17-22)28(29)30/h16-19,21H,2-15,20H2,1H3,(H2,25,27,31)/b26-21+. The summed E-state index contributed by atoms with van der Waals surface area (Å²) >= 11 is 5.20. The van der Waals surface area contributed by atoms with E-state index in [0.29, 0.717) is 5.11 Å². The molecule has 1 aromatic rings. The second-order valence-electron chi connectivity index (χ2n) is 8.07. The van der Waals surface area contributed by atoms with E-state index in [1.54, 1.807) is 18.3 Å². The molecule has 7 heteroatoms. The van der Waals surface area contributed by atoms with Gasteiger partial charge in [-0.05, 0) is 36.3 Å². The maximum absolute atomic E-state index is 10.6. The quantitative estimate of drug-likeness (QED) is 0.0841. The first-order chi connectivity index (χ1) is 15.1. The van der Waals surface area contributed by atoms with Crippen LogP contribution in [0, 0.1) is 10.1 Å². The van der Waals surface area contributed by atoms with Crippen molar-refractivity contribution in [2.45, 2.75) is 96.8 Å². The third-order valence-electron chi connectivity index (χ3n) is 5.30. The second kappa shape index (κ2) is 18.7. The van der Waals surface area contributed by atoms with E-state index in [2.05, 4.69) is 22.8 Å². The fourth-order valence-corrected chi connectivity index (χ4v) is 3.56. The van der Waals surface area contributed by atoms with Crippen LogP contribution in [-0.2, 0) is 0 Å². The molecule has 0 bridgehead atoms. The van der Waals surface area contributed by atoms with Crippen LogP contribution in [0.1, 0.15) is 102 Å². The van der Waals surface area contributed by atoms with Crippen LogP contribution >= 0.6 is 12.2 Å². The molecule has 0 fully saturated rings. The lowest BCUT2D eigenvalue weighted by Crippen LogP contribution is -2.32. The topological polar surface area (TPSA) is 79.6 Å². The van der Waals surface area contributed by atoms with Crippen LogP contribution in [0.25, 0.3) is 0 Å². The first kappa shape index (κ1) is 27.0. The lowest BCUT2D eigenvalue weighted by molar-refractivity contribution is -0.384. The highest BCUT2D eigenvalue weighted by Gasteiger charge is 2.02. The molecule has 1 rings (SSSR count). The molecule has 0 aliphatic heterocycles. The first-order valence-electron chi connectivity index (χ1n) is 11.9. The van der Waals surface area contributed by atoms with Gasteiger partial charge in [-0.15, -0.1) is 0 Å². The molecule has 1 aromatic carbocycles. The van der Waals surface area contributed by atoms with Crippen molar-refractivity contribution in [1.29, 1.82) is 0 Å². The Morgan fingerprint density at radius 1 is 0.903 bits per heavy atom. The van der Waals surface area contributed by atoms with E-state index in [-0.39, 0.29) is 5.69 Å². The van der Waals surface area contributed by atoms with Gasteiger partial charge in [-0.2, -0.15) is 5.10 Å². The number of nitrogens with one attached hydrogen (secondary N) is 2. The average Bonchev–Trinajstić information content (AvgIpc) is 2.76. The molecule has 0 aliphatic rings. The maximum Gasteiger partial charge on any atom is 0.269 e. The minimum absolute atomic E-state index is 0.0652. The fraction of sp³-hybridized carbons (Fsp3) is 0.667. The summed E-state index contributed by atoms with van der Waals surface area (Å²) in [5.74, 6) is 0. The Hall–Kier alpha value is -2.02. The molecule has 0 saturated heterocycles. The molecule has 0 spiro atoms. The number of thiocarbonyl (C=S) groups is 1. The first-order valence-corrected chi connectivity index (χ1v) is 12.4. The smallest absolute Gasteiger partial charge is 0.269 e. The monoisotopic (exact) mass is 448 g/mol. The number of nitro benzene ring substituents is 1. The number of nitrogens with zero attached hydrogens (tertiary/aromatic N) is 2. The molecule has 6 nitrogen and oxygen atoms in total. The number of benzene rings is 1. The van der Waals surface area contributed by atoms with Crippen LogP contribution in [0.4, 0.5) is 5.69 Å². The van der Waals surface area contributed by atoms with E-state index in [1.165, 1.54) is 95.6 Å². The van der Waals surface area contributed by atoms with Crippen LogP contribution in [0.5, 0.6) is 0 Å². The van der Waals surface area contributed by atoms with Gasteiger partial charge in [0.1, 0.15) is 0 Å². The zero-order valence-corrected chi connectivity index (χ0v) is 19.9. The Morgan fingerprint density at radius 3 is 1.87 bits per heavy atom. The molecule has 174 valence electrons. The highest BCUT2D eigenvalue weighted by Crippen LogP contribution is 2.13. The molecule has 31 heavy (non-hydrogen) atoms. The molecule has 2 N–H and O–H groups in total. The van der Waals surface area contributed by atoms with Gasteiger partial charge >= 0.3 is 0 Å². The highest BCUT2D eigenvalue weighted by molar-refractivity contribution is 7.80. The van der Waals surface area contributed by atoms with Gasteiger partial charge in [0, 0.05) is 18.7 Å². The number of nitro groups is 1. The lowest BCUT2D eigenvalue weighted by Gasteiger charge is -2.07. The fourth-order valence-electron chi connectivity index (χ4n) is 3.41. The Balaban J connectivity index is 1.89. The van der Waals surface area contributed by atoms with Crippen molar-refractivity contribution in [2.75, 3.05) is 6.54 Å². The number of hydrazone groups is 1. The molecular weight excluding hydrogens is 408 g/mol. The molecule has 0 unspecified atom stereocenters. The summed E-state index contributed by atoms with van der Waals surface area (Å²) in [6.45, 7) is 3.11. The van der Waals surface area contributed by atoms with Crippen molar-refractivity contribution in [1.82, 2.24) is 10.7 Å². The molecule has 0 aromatic heterocycles. The zero-order chi connectivity index (χ0) is 22.6. The summed E-state index contributed by atoms with van der Waals surface area (Å²) in [6.07, 6.45) is 20.5. The molecular formula is C24H40N4O2S. The van der Waals surface area contributed by atoms with Crippen molar-refractivity contribution in [3.63, 3.8) is 0 Å². The van der Waals surface area contributed by atoms with Crippen LogP contribution in [0.15, 0.2) is 29.4 Å². The van der Waals surface area contributed by atoms with Crippen molar-refractivity contribution < 1.29 is 4.92 Å². The summed E-state index contributed by atoms with van der Waals surface area (Å²) in [4.78, 5) is 10.2. The molecule has 0 heterocycles. The Bertz CT molecular complexity index is 635. The van der Waals surface area contributed by atoms with Gasteiger partial charge < -0.3 is 5.32 Å². The third-order valence-corrected chi connectivity index (χ3v) is 5.54. The normalized spacial score (nSPS) is 11.0. The Kier molecular flexibility index (Phi) is 16.3. The van der Waals surface area contributed by atoms with Crippen molar-refractivity contribution >= 4 is 29.2 Å². The van der Waals surface area contributed by atoms with Gasteiger partial charge in [0.2, 0.25) is 0 Å². The number of unbranched alkanes of at least 4 members (excludes halogenated alkanes) is 13. The average molecular weight is 449 g/mol. The van der Waals surface area contributed by atoms with E-state index in [4.69, 9.17) is 12.2 Å². The minimum Gasteiger partial charge on any atom is -0.361 e. The van der Waals surface area contributed by atoms with Gasteiger partial charge in [-0.1, -0.05) is 90.4 Å². The van der Waals surface area contributed by atoms with Gasteiger partial charge in [-0.3, -0.25) is 15.5 Å². The predicted octanol–water partition coefficient (Wildman–Crippen LogP) is 6.87. The second-order valence-corrected chi connectivity index (χ2v) is 8.48. The van der Waals surface area contributed by atoms with E-state index in [0.717, 1.165) is 18.5 Å². The van der Waals surface area contributed by atoms with E-state index >= 15 is 0 Å². The van der Waals surface area contributed by atoms with E-state index in [1.807, 2.05) is 0 Å². The van der Waals surface area contributed by atoms with Crippen molar-refractivity contribution in [3.8, 4) is 0 Å². The van der Waals surface area contributed by atoms with Crippen LogP contribution in [0.2, 0.25) is 0 Å². The number of hydrogen-bond donors (Lipinski definition) is 2. The van der Waals surface area contributed by atoms with Gasteiger partial charge in [0.15, 0.2) is 5.11 Å².